The van der Waals surface area contributed by atoms with E-state index >= 15 is 0 Å². The maximum Gasteiger partial charge on any atom is 1.00 e. The second-order valence-corrected chi connectivity index (χ2v) is 2.86. The molecule has 0 aliphatic rings. The van der Waals surface area contributed by atoms with Crippen LogP contribution in [0.5, 0.6) is 0 Å². The predicted octanol–water partition coefficient (Wildman–Crippen LogP) is 0.139. The molecule has 14 heavy (non-hydrogen) atoms. The van der Waals surface area contributed by atoms with E-state index < -0.39 is 6.98 Å². The summed E-state index contributed by atoms with van der Waals surface area (Å²) in [5, 5.41) is 0.317. The van der Waals surface area contributed by atoms with Crippen LogP contribution in [0.3, 0.4) is 0 Å². The molecule has 0 saturated carbocycles. The van der Waals surface area contributed by atoms with Gasteiger partial charge in [-0.1, -0.05) is 17.7 Å². The number of pyridine rings is 1. The molecule has 0 aromatic carbocycles. The number of rotatable bonds is 2. The summed E-state index contributed by atoms with van der Waals surface area (Å²) in [5.74, 6) is 0.202. The van der Waals surface area contributed by atoms with E-state index in [4.69, 9.17) is 11.6 Å². The van der Waals surface area contributed by atoms with Crippen LogP contribution in [0.25, 0.3) is 6.08 Å². The smallest absolute Gasteiger partial charge is 0.445 e. The van der Waals surface area contributed by atoms with Crippen molar-refractivity contribution < 1.29 is 64.3 Å². The van der Waals surface area contributed by atoms with Crippen molar-refractivity contribution in [3.05, 3.63) is 35.0 Å². The minimum atomic E-state index is -4.89. The topological polar surface area (TPSA) is 12.9 Å². The summed E-state index contributed by atoms with van der Waals surface area (Å²) in [5.41, 5.74) is 0.340. The van der Waals surface area contributed by atoms with Gasteiger partial charge >= 0.3 is 58.4 Å². The number of hydrogen-bond acceptors (Lipinski definition) is 1. The molecule has 0 N–H and O–H groups in total. The first kappa shape index (κ1) is 14.7. The van der Waals surface area contributed by atoms with Gasteiger partial charge in [-0.2, -0.15) is 0 Å². The Bertz CT molecular complexity index is 329. The van der Waals surface area contributed by atoms with Crippen molar-refractivity contribution >= 4 is 24.7 Å². The molecule has 1 rings (SSSR count). The minimum Gasteiger partial charge on any atom is -0.445 e. The maximum absolute atomic E-state index is 11.8. The largest absolute Gasteiger partial charge is 1.00 e. The van der Waals surface area contributed by atoms with Crippen molar-refractivity contribution in [3.8, 4) is 0 Å². The van der Waals surface area contributed by atoms with Crippen molar-refractivity contribution in [3.63, 3.8) is 0 Å². The van der Waals surface area contributed by atoms with E-state index in [0.29, 0.717) is 10.6 Å². The van der Waals surface area contributed by atoms with Crippen LogP contribution >= 0.6 is 11.6 Å². The Kier molecular flexibility index (Phi) is 6.60. The van der Waals surface area contributed by atoms with Crippen LogP contribution in [-0.4, -0.2) is 12.0 Å². The fraction of sp³-hybridized carbons (Fsp3) is 0. The number of aromatic nitrogens is 1. The SMILES string of the molecule is F[B-](F)(F)/C=C/c1cncc(Cl)c1.[K+]. The molecule has 0 saturated heterocycles. The molecule has 0 atom stereocenters. The van der Waals surface area contributed by atoms with Gasteiger partial charge in [-0.05, 0) is 11.6 Å². The second kappa shape index (κ2) is 6.30. The molecular formula is C7H5BClF3KN. The molecule has 1 aromatic heterocycles. The molecule has 1 nitrogen and oxygen atoms in total. The van der Waals surface area contributed by atoms with Crippen molar-refractivity contribution in [1.29, 1.82) is 0 Å². The predicted molar refractivity (Wildman–Crippen MR) is 47.4 cm³/mol. The summed E-state index contributed by atoms with van der Waals surface area (Å²) in [4.78, 5) is 3.64. The normalized spacial score (nSPS) is 11.4. The van der Waals surface area contributed by atoms with Crippen LogP contribution in [-0.2, 0) is 0 Å². The second-order valence-electron chi connectivity index (χ2n) is 2.42. The molecule has 0 fully saturated rings. The molecule has 0 aliphatic heterocycles. The van der Waals surface area contributed by atoms with Gasteiger partial charge in [-0.15, -0.1) is 5.98 Å². The van der Waals surface area contributed by atoms with Crippen molar-refractivity contribution in [2.75, 3.05) is 0 Å². The molecule has 0 aliphatic carbocycles. The Hall–Kier alpha value is 0.671. The maximum atomic E-state index is 11.8. The van der Waals surface area contributed by atoms with Gasteiger partial charge in [0.15, 0.2) is 0 Å². The van der Waals surface area contributed by atoms with Crippen molar-refractivity contribution in [2.45, 2.75) is 0 Å². The molecule has 1 aromatic rings. The summed E-state index contributed by atoms with van der Waals surface area (Å²) >= 11 is 5.52. The molecule has 0 bridgehead atoms. The van der Waals surface area contributed by atoms with E-state index in [0.717, 1.165) is 6.08 Å². The van der Waals surface area contributed by atoms with E-state index in [1.165, 1.54) is 18.5 Å². The van der Waals surface area contributed by atoms with Gasteiger partial charge in [0.2, 0.25) is 0 Å². The van der Waals surface area contributed by atoms with Crippen LogP contribution in [0, 0.1) is 0 Å². The fourth-order valence-corrected chi connectivity index (χ4v) is 0.922. The number of hydrogen-bond donors (Lipinski definition) is 0. The third kappa shape index (κ3) is 6.21. The van der Waals surface area contributed by atoms with E-state index in [-0.39, 0.29) is 57.4 Å². The summed E-state index contributed by atoms with van der Waals surface area (Å²) in [7, 11) is 0. The van der Waals surface area contributed by atoms with Gasteiger partial charge in [0.05, 0.1) is 5.02 Å². The molecule has 1 heterocycles. The Morgan fingerprint density at radius 2 is 1.93 bits per heavy atom. The van der Waals surface area contributed by atoms with Crippen LogP contribution in [0.2, 0.25) is 5.02 Å². The first-order chi connectivity index (χ1) is 5.97. The molecule has 0 unspecified atom stereocenters. The quantitative estimate of drug-likeness (QED) is 0.676. The molecule has 0 amide bonds. The van der Waals surface area contributed by atoms with Gasteiger partial charge in [0.25, 0.3) is 0 Å². The van der Waals surface area contributed by atoms with Crippen LogP contribution in [0.4, 0.5) is 12.9 Å². The van der Waals surface area contributed by atoms with E-state index in [9.17, 15) is 12.9 Å². The average molecular weight is 245 g/mol. The monoisotopic (exact) mass is 245 g/mol. The van der Waals surface area contributed by atoms with Crippen molar-refractivity contribution in [1.82, 2.24) is 4.98 Å². The summed E-state index contributed by atoms with van der Waals surface area (Å²) in [6, 6.07) is 1.41. The first-order valence-corrected chi connectivity index (χ1v) is 3.85. The van der Waals surface area contributed by atoms with Gasteiger partial charge in [0.1, 0.15) is 0 Å². The fourth-order valence-electron chi connectivity index (χ4n) is 0.740. The Labute approximate surface area is 127 Å². The van der Waals surface area contributed by atoms with Crippen LogP contribution in [0.1, 0.15) is 5.56 Å². The van der Waals surface area contributed by atoms with E-state index in [2.05, 4.69) is 4.98 Å². The Morgan fingerprint density at radius 3 is 2.43 bits per heavy atom. The molecular weight excluding hydrogens is 240 g/mol. The van der Waals surface area contributed by atoms with Gasteiger partial charge in [0, 0.05) is 12.4 Å². The molecule has 0 spiro atoms. The van der Waals surface area contributed by atoms with Crippen molar-refractivity contribution in [2.24, 2.45) is 0 Å². The van der Waals surface area contributed by atoms with Crippen LogP contribution in [0.15, 0.2) is 24.4 Å². The average Bonchev–Trinajstić information content (AvgIpc) is 2.00. The summed E-state index contributed by atoms with van der Waals surface area (Å²) < 4.78 is 35.3. The summed E-state index contributed by atoms with van der Waals surface area (Å²) in [6.07, 6.45) is 3.61. The molecule has 70 valence electrons. The zero-order valence-corrected chi connectivity index (χ0v) is 11.3. The zero-order valence-electron chi connectivity index (χ0n) is 7.42. The Balaban J connectivity index is 0.00000169. The van der Waals surface area contributed by atoms with E-state index in [1.54, 1.807) is 0 Å². The Morgan fingerprint density at radius 1 is 1.29 bits per heavy atom. The number of nitrogens with zero attached hydrogens (tertiary/aromatic N) is 1. The third-order valence-electron chi connectivity index (χ3n) is 1.23. The standard InChI is InChI=1S/C7H5BClF3N.K/c9-7-3-6(4-13-5-7)1-2-8(10,11)12;/h1-5H;/q-1;+1/b2-1+;. The van der Waals surface area contributed by atoms with Gasteiger partial charge < -0.3 is 12.9 Å². The molecule has 0 radical (unpaired) electrons. The number of halogens is 4. The first-order valence-electron chi connectivity index (χ1n) is 3.47. The van der Waals surface area contributed by atoms with Gasteiger partial charge in [-0.25, -0.2) is 0 Å². The molecule has 7 heteroatoms. The minimum absolute atomic E-state index is 0. The summed E-state index contributed by atoms with van der Waals surface area (Å²) in [6.45, 7) is -4.89. The zero-order chi connectivity index (χ0) is 9.90. The van der Waals surface area contributed by atoms with Gasteiger partial charge in [-0.3, -0.25) is 4.98 Å². The van der Waals surface area contributed by atoms with Crippen LogP contribution < -0.4 is 51.4 Å². The van der Waals surface area contributed by atoms with E-state index in [1.807, 2.05) is 0 Å². The third-order valence-corrected chi connectivity index (χ3v) is 1.44.